The van der Waals surface area contributed by atoms with E-state index < -0.39 is 0 Å². The summed E-state index contributed by atoms with van der Waals surface area (Å²) < 4.78 is 13.8. The van der Waals surface area contributed by atoms with E-state index in [4.69, 9.17) is 5.73 Å². The van der Waals surface area contributed by atoms with E-state index in [9.17, 15) is 14.3 Å². The summed E-state index contributed by atoms with van der Waals surface area (Å²) in [5, 5.41) is 9.27. The maximum absolute atomic E-state index is 13.8. The molecule has 0 aromatic heterocycles. The molecule has 1 saturated heterocycles. The van der Waals surface area contributed by atoms with Crippen LogP contribution in [0.25, 0.3) is 0 Å². The molecule has 5 nitrogen and oxygen atoms in total. The Labute approximate surface area is 130 Å². The maximum Gasteiger partial charge on any atom is 0.218 e. The molecular weight excluding hydrogens is 285 g/mol. The second-order valence-electron chi connectivity index (χ2n) is 5.74. The molecule has 1 amide bonds. The summed E-state index contributed by atoms with van der Waals surface area (Å²) in [6.45, 7) is 3.66. The number of hydrogen-bond acceptors (Lipinski definition) is 4. The van der Waals surface area contributed by atoms with E-state index in [2.05, 4.69) is 9.80 Å². The first kappa shape index (κ1) is 16.9. The van der Waals surface area contributed by atoms with Gasteiger partial charge in [0.2, 0.25) is 5.91 Å². The lowest BCUT2D eigenvalue weighted by Crippen LogP contribution is -2.53. The summed E-state index contributed by atoms with van der Waals surface area (Å²) >= 11 is 0. The van der Waals surface area contributed by atoms with Gasteiger partial charge >= 0.3 is 0 Å². The minimum absolute atomic E-state index is 0.0993. The molecule has 1 heterocycles. The number of nitrogens with zero attached hydrogens (tertiary/aromatic N) is 2. The van der Waals surface area contributed by atoms with Gasteiger partial charge in [-0.25, -0.2) is 4.39 Å². The molecule has 2 rings (SSSR count). The first-order valence-corrected chi connectivity index (χ1v) is 7.69. The maximum atomic E-state index is 13.8. The van der Waals surface area contributed by atoms with Crippen LogP contribution in [-0.4, -0.2) is 59.6 Å². The molecule has 122 valence electrons. The minimum Gasteiger partial charge on any atom is -0.396 e. The van der Waals surface area contributed by atoms with Gasteiger partial charge in [-0.2, -0.15) is 0 Å². The average Bonchev–Trinajstić information content (AvgIpc) is 2.50. The molecule has 0 saturated carbocycles. The first-order valence-electron chi connectivity index (χ1n) is 7.69. The number of benzene rings is 1. The largest absolute Gasteiger partial charge is 0.396 e. The number of aliphatic hydroxyl groups excluding tert-OH is 1. The van der Waals surface area contributed by atoms with Gasteiger partial charge in [-0.15, -0.1) is 0 Å². The van der Waals surface area contributed by atoms with E-state index in [0.29, 0.717) is 31.5 Å². The van der Waals surface area contributed by atoms with Gasteiger partial charge in [0.15, 0.2) is 0 Å². The molecule has 22 heavy (non-hydrogen) atoms. The monoisotopic (exact) mass is 309 g/mol. The molecule has 1 fully saturated rings. The van der Waals surface area contributed by atoms with Crippen molar-refractivity contribution in [2.75, 3.05) is 32.8 Å². The van der Waals surface area contributed by atoms with Crippen LogP contribution in [0.3, 0.4) is 0 Å². The molecule has 1 aromatic rings. The predicted octanol–water partition coefficient (Wildman–Crippen LogP) is 0.570. The quantitative estimate of drug-likeness (QED) is 0.772. The Morgan fingerprint density at radius 1 is 1.36 bits per heavy atom. The van der Waals surface area contributed by atoms with E-state index in [1.54, 1.807) is 12.1 Å². The standard InChI is InChI=1S/C16H24FN3O2/c17-15-4-2-1-3-13(15)11-20-9-8-19(7-5-16(18)22)12-14(20)6-10-21/h1-4,14,21H,5-12H2,(H2,18,22). The van der Waals surface area contributed by atoms with Gasteiger partial charge in [-0.05, 0) is 12.5 Å². The van der Waals surface area contributed by atoms with Crippen LogP contribution in [0, 0.1) is 5.82 Å². The van der Waals surface area contributed by atoms with Gasteiger partial charge in [0.1, 0.15) is 5.82 Å². The zero-order valence-electron chi connectivity index (χ0n) is 12.7. The number of amides is 1. The first-order chi connectivity index (χ1) is 10.6. The van der Waals surface area contributed by atoms with Crippen molar-refractivity contribution >= 4 is 5.91 Å². The second-order valence-corrected chi connectivity index (χ2v) is 5.74. The number of aliphatic hydroxyl groups is 1. The van der Waals surface area contributed by atoms with Crippen molar-refractivity contribution in [3.8, 4) is 0 Å². The minimum atomic E-state index is -0.299. The molecule has 0 spiro atoms. The molecule has 0 bridgehead atoms. The van der Waals surface area contributed by atoms with Crippen molar-refractivity contribution in [3.05, 3.63) is 35.6 Å². The molecule has 3 N–H and O–H groups in total. The van der Waals surface area contributed by atoms with E-state index in [-0.39, 0.29) is 24.4 Å². The summed E-state index contributed by atoms with van der Waals surface area (Å²) in [5.74, 6) is -0.492. The van der Waals surface area contributed by atoms with Crippen LogP contribution in [0.4, 0.5) is 4.39 Å². The molecule has 1 aromatic carbocycles. The smallest absolute Gasteiger partial charge is 0.218 e. The SMILES string of the molecule is NC(=O)CCN1CCN(Cc2ccccc2F)C(CCO)C1. The van der Waals surface area contributed by atoms with Crippen molar-refractivity contribution in [2.24, 2.45) is 5.73 Å². The van der Waals surface area contributed by atoms with Crippen molar-refractivity contribution in [2.45, 2.75) is 25.4 Å². The molecule has 1 atom stereocenters. The highest BCUT2D eigenvalue weighted by Crippen LogP contribution is 2.18. The van der Waals surface area contributed by atoms with Crippen LogP contribution in [0.2, 0.25) is 0 Å². The lowest BCUT2D eigenvalue weighted by Gasteiger charge is -2.41. The van der Waals surface area contributed by atoms with Crippen LogP contribution >= 0.6 is 0 Å². The molecular formula is C16H24FN3O2. The van der Waals surface area contributed by atoms with Crippen molar-refractivity contribution in [1.82, 2.24) is 9.80 Å². The topological polar surface area (TPSA) is 69.8 Å². The summed E-state index contributed by atoms with van der Waals surface area (Å²) in [7, 11) is 0. The van der Waals surface area contributed by atoms with E-state index in [1.807, 2.05) is 6.07 Å². The highest BCUT2D eigenvalue weighted by Gasteiger charge is 2.27. The zero-order chi connectivity index (χ0) is 15.9. The number of primary amides is 1. The van der Waals surface area contributed by atoms with E-state index >= 15 is 0 Å². The molecule has 0 radical (unpaired) electrons. The van der Waals surface area contributed by atoms with Crippen molar-refractivity contribution < 1.29 is 14.3 Å². The van der Waals surface area contributed by atoms with E-state index in [0.717, 1.165) is 19.6 Å². The fourth-order valence-electron chi connectivity index (χ4n) is 2.91. The third kappa shape index (κ3) is 4.76. The summed E-state index contributed by atoms with van der Waals surface area (Å²) in [6, 6.07) is 6.95. The number of halogens is 1. The van der Waals surface area contributed by atoms with Gasteiger partial charge in [0, 0.05) is 57.4 Å². The number of nitrogens with two attached hydrogens (primary N) is 1. The van der Waals surface area contributed by atoms with E-state index in [1.165, 1.54) is 6.07 Å². The fraction of sp³-hybridized carbons (Fsp3) is 0.562. The Morgan fingerprint density at radius 2 is 2.14 bits per heavy atom. The Balaban J connectivity index is 1.96. The van der Waals surface area contributed by atoms with Gasteiger partial charge in [-0.3, -0.25) is 14.6 Å². The van der Waals surface area contributed by atoms with Crippen molar-refractivity contribution in [1.29, 1.82) is 0 Å². The van der Waals surface area contributed by atoms with Gasteiger partial charge in [0.25, 0.3) is 0 Å². The lowest BCUT2D eigenvalue weighted by atomic mass is 10.1. The fourth-order valence-corrected chi connectivity index (χ4v) is 2.91. The van der Waals surface area contributed by atoms with Crippen LogP contribution in [0.1, 0.15) is 18.4 Å². The van der Waals surface area contributed by atoms with Crippen LogP contribution in [0.5, 0.6) is 0 Å². The molecule has 1 aliphatic heterocycles. The third-order valence-electron chi connectivity index (χ3n) is 4.16. The molecule has 6 heteroatoms. The lowest BCUT2D eigenvalue weighted by molar-refractivity contribution is -0.118. The number of piperazine rings is 1. The van der Waals surface area contributed by atoms with Crippen LogP contribution in [-0.2, 0) is 11.3 Å². The number of carbonyl (C=O) groups is 1. The number of hydrogen-bond donors (Lipinski definition) is 2. The normalized spacial score (nSPS) is 20.2. The molecule has 0 aliphatic carbocycles. The summed E-state index contributed by atoms with van der Waals surface area (Å²) in [4.78, 5) is 15.3. The Bertz CT molecular complexity index is 498. The zero-order valence-corrected chi connectivity index (χ0v) is 12.7. The summed E-state index contributed by atoms with van der Waals surface area (Å²) in [6.07, 6.45) is 0.987. The van der Waals surface area contributed by atoms with Crippen LogP contribution < -0.4 is 5.73 Å². The van der Waals surface area contributed by atoms with Gasteiger partial charge in [-0.1, -0.05) is 18.2 Å². The Kier molecular flexibility index (Phi) is 6.30. The third-order valence-corrected chi connectivity index (χ3v) is 4.16. The highest BCUT2D eigenvalue weighted by molar-refractivity contribution is 5.73. The summed E-state index contributed by atoms with van der Waals surface area (Å²) in [5.41, 5.74) is 5.87. The second kappa shape index (κ2) is 8.22. The molecule has 1 unspecified atom stereocenters. The van der Waals surface area contributed by atoms with Gasteiger partial charge < -0.3 is 10.8 Å². The molecule has 1 aliphatic rings. The van der Waals surface area contributed by atoms with Gasteiger partial charge in [0.05, 0.1) is 0 Å². The number of rotatable bonds is 7. The Morgan fingerprint density at radius 3 is 2.82 bits per heavy atom. The van der Waals surface area contributed by atoms with Crippen molar-refractivity contribution in [3.63, 3.8) is 0 Å². The Hall–Kier alpha value is -1.50. The van der Waals surface area contributed by atoms with Crippen LogP contribution in [0.15, 0.2) is 24.3 Å². The predicted molar refractivity (Wildman–Crippen MR) is 82.6 cm³/mol. The highest BCUT2D eigenvalue weighted by atomic mass is 19.1. The average molecular weight is 309 g/mol. The number of carbonyl (C=O) groups excluding carboxylic acids is 1.